The summed E-state index contributed by atoms with van der Waals surface area (Å²) in [4.78, 5) is 3.97. The molecule has 1 rings (SSSR count). The lowest BCUT2D eigenvalue weighted by Crippen LogP contribution is -2.12. The molecule has 0 bridgehead atoms. The summed E-state index contributed by atoms with van der Waals surface area (Å²) in [5, 5.41) is 8.80. The Balaban J connectivity index is 2.92. The standard InChI is InChI=1S/C10H13N3O/c1-3-7(2)14-10-8(5-11)4-9(12)6-13-10/h4,6-7H,3,12H2,1-2H3. The van der Waals surface area contributed by atoms with Gasteiger partial charge in [0, 0.05) is 0 Å². The summed E-state index contributed by atoms with van der Waals surface area (Å²) < 4.78 is 5.45. The van der Waals surface area contributed by atoms with Gasteiger partial charge in [0.2, 0.25) is 5.88 Å². The van der Waals surface area contributed by atoms with E-state index in [2.05, 4.69) is 4.98 Å². The monoisotopic (exact) mass is 191 g/mol. The first-order valence-electron chi connectivity index (χ1n) is 4.49. The minimum Gasteiger partial charge on any atom is -0.474 e. The number of nitrogens with two attached hydrogens (primary N) is 1. The average molecular weight is 191 g/mol. The fraction of sp³-hybridized carbons (Fsp3) is 0.400. The fourth-order valence-electron chi connectivity index (χ4n) is 0.916. The van der Waals surface area contributed by atoms with Crippen molar-refractivity contribution in [2.45, 2.75) is 26.4 Å². The van der Waals surface area contributed by atoms with E-state index in [9.17, 15) is 0 Å². The van der Waals surface area contributed by atoms with Crippen LogP contribution in [0.2, 0.25) is 0 Å². The van der Waals surface area contributed by atoms with Crippen LogP contribution in [-0.4, -0.2) is 11.1 Å². The summed E-state index contributed by atoms with van der Waals surface area (Å²) in [7, 11) is 0. The molecule has 4 nitrogen and oxygen atoms in total. The van der Waals surface area contributed by atoms with E-state index >= 15 is 0 Å². The molecule has 0 spiro atoms. The molecule has 0 aliphatic heterocycles. The van der Waals surface area contributed by atoms with Crippen LogP contribution in [0.3, 0.4) is 0 Å². The van der Waals surface area contributed by atoms with Crippen LogP contribution in [0.1, 0.15) is 25.8 Å². The molecule has 1 atom stereocenters. The Labute approximate surface area is 83.3 Å². The van der Waals surface area contributed by atoms with E-state index < -0.39 is 0 Å². The van der Waals surface area contributed by atoms with E-state index in [0.717, 1.165) is 6.42 Å². The first kappa shape index (κ1) is 10.3. The molecule has 0 aromatic carbocycles. The van der Waals surface area contributed by atoms with E-state index in [1.807, 2.05) is 19.9 Å². The SMILES string of the molecule is CCC(C)Oc1ncc(N)cc1C#N. The number of anilines is 1. The molecule has 0 saturated heterocycles. The lowest BCUT2D eigenvalue weighted by Gasteiger charge is -2.12. The Morgan fingerprint density at radius 3 is 3.00 bits per heavy atom. The zero-order valence-corrected chi connectivity index (χ0v) is 8.32. The molecular formula is C10H13N3O. The van der Waals surface area contributed by atoms with Crippen LogP contribution in [0.4, 0.5) is 5.69 Å². The summed E-state index contributed by atoms with van der Waals surface area (Å²) in [6, 6.07) is 3.56. The van der Waals surface area contributed by atoms with Crippen LogP contribution in [0.15, 0.2) is 12.3 Å². The van der Waals surface area contributed by atoms with Gasteiger partial charge in [-0.25, -0.2) is 4.98 Å². The molecule has 4 heteroatoms. The second kappa shape index (κ2) is 4.47. The van der Waals surface area contributed by atoms with Gasteiger partial charge in [0.15, 0.2) is 0 Å². The van der Waals surface area contributed by atoms with Crippen molar-refractivity contribution in [3.8, 4) is 11.9 Å². The highest BCUT2D eigenvalue weighted by atomic mass is 16.5. The van der Waals surface area contributed by atoms with Gasteiger partial charge >= 0.3 is 0 Å². The molecule has 1 aromatic rings. The molecule has 0 fully saturated rings. The van der Waals surface area contributed by atoms with Gasteiger partial charge in [0.05, 0.1) is 18.0 Å². The Hall–Kier alpha value is -1.76. The van der Waals surface area contributed by atoms with Crippen LogP contribution in [0, 0.1) is 11.3 Å². The number of nitrogens with zero attached hydrogens (tertiary/aromatic N) is 2. The molecular weight excluding hydrogens is 178 g/mol. The predicted molar refractivity (Wildman–Crippen MR) is 53.7 cm³/mol. The molecule has 0 amide bonds. The van der Waals surface area contributed by atoms with Gasteiger partial charge in [-0.1, -0.05) is 6.92 Å². The van der Waals surface area contributed by atoms with Crippen LogP contribution < -0.4 is 10.5 Å². The highest BCUT2D eigenvalue weighted by molar-refractivity contribution is 5.48. The number of nitriles is 1. The fourth-order valence-corrected chi connectivity index (χ4v) is 0.916. The molecule has 14 heavy (non-hydrogen) atoms. The number of ether oxygens (including phenoxy) is 1. The maximum absolute atomic E-state index is 8.80. The van der Waals surface area contributed by atoms with Crippen molar-refractivity contribution < 1.29 is 4.74 Å². The lowest BCUT2D eigenvalue weighted by molar-refractivity contribution is 0.208. The molecule has 0 aliphatic rings. The second-order valence-electron chi connectivity index (χ2n) is 3.07. The summed E-state index contributed by atoms with van der Waals surface area (Å²) in [5.74, 6) is 0.357. The highest BCUT2D eigenvalue weighted by Gasteiger charge is 2.08. The summed E-state index contributed by atoms with van der Waals surface area (Å²) in [6.45, 7) is 3.94. The van der Waals surface area contributed by atoms with Crippen molar-refractivity contribution in [2.24, 2.45) is 0 Å². The smallest absolute Gasteiger partial charge is 0.232 e. The Morgan fingerprint density at radius 1 is 1.71 bits per heavy atom. The van der Waals surface area contributed by atoms with Crippen molar-refractivity contribution in [3.05, 3.63) is 17.8 Å². The number of pyridine rings is 1. The maximum atomic E-state index is 8.80. The lowest BCUT2D eigenvalue weighted by atomic mass is 10.2. The Morgan fingerprint density at radius 2 is 2.43 bits per heavy atom. The number of nitrogen functional groups attached to an aromatic ring is 1. The minimum atomic E-state index is 0.0539. The van der Waals surface area contributed by atoms with Gasteiger partial charge in [0.1, 0.15) is 11.6 Å². The summed E-state index contributed by atoms with van der Waals surface area (Å²) >= 11 is 0. The zero-order chi connectivity index (χ0) is 10.6. The number of hydrogen-bond acceptors (Lipinski definition) is 4. The molecule has 0 saturated carbocycles. The van der Waals surface area contributed by atoms with E-state index in [1.165, 1.54) is 6.20 Å². The van der Waals surface area contributed by atoms with Gasteiger partial charge in [0.25, 0.3) is 0 Å². The molecule has 0 aliphatic carbocycles. The van der Waals surface area contributed by atoms with Crippen LogP contribution >= 0.6 is 0 Å². The molecule has 2 N–H and O–H groups in total. The third kappa shape index (κ3) is 2.36. The Kier molecular flexibility index (Phi) is 3.29. The molecule has 1 aromatic heterocycles. The van der Waals surface area contributed by atoms with Gasteiger partial charge in [-0.05, 0) is 19.4 Å². The van der Waals surface area contributed by atoms with E-state index in [4.69, 9.17) is 15.7 Å². The van der Waals surface area contributed by atoms with E-state index in [1.54, 1.807) is 6.07 Å². The van der Waals surface area contributed by atoms with Gasteiger partial charge in [-0.2, -0.15) is 5.26 Å². The largest absolute Gasteiger partial charge is 0.474 e. The average Bonchev–Trinajstić information content (AvgIpc) is 2.20. The van der Waals surface area contributed by atoms with Crippen molar-refractivity contribution in [2.75, 3.05) is 5.73 Å². The normalized spacial score (nSPS) is 11.8. The van der Waals surface area contributed by atoms with Crippen molar-refractivity contribution in [3.63, 3.8) is 0 Å². The highest BCUT2D eigenvalue weighted by Crippen LogP contribution is 2.18. The zero-order valence-electron chi connectivity index (χ0n) is 8.32. The molecule has 0 radical (unpaired) electrons. The van der Waals surface area contributed by atoms with Crippen molar-refractivity contribution >= 4 is 5.69 Å². The number of hydrogen-bond donors (Lipinski definition) is 1. The van der Waals surface area contributed by atoms with Crippen LogP contribution in [0.25, 0.3) is 0 Å². The predicted octanol–water partition coefficient (Wildman–Crippen LogP) is 1.71. The summed E-state index contributed by atoms with van der Waals surface area (Å²) in [6.07, 6.45) is 2.41. The number of rotatable bonds is 3. The maximum Gasteiger partial charge on any atom is 0.232 e. The first-order chi connectivity index (χ1) is 6.67. The van der Waals surface area contributed by atoms with Gasteiger partial charge in [-0.15, -0.1) is 0 Å². The third-order valence-corrected chi connectivity index (χ3v) is 1.88. The number of aromatic nitrogens is 1. The van der Waals surface area contributed by atoms with Crippen LogP contribution in [-0.2, 0) is 0 Å². The topological polar surface area (TPSA) is 71.9 Å². The first-order valence-corrected chi connectivity index (χ1v) is 4.49. The van der Waals surface area contributed by atoms with E-state index in [0.29, 0.717) is 17.1 Å². The molecule has 74 valence electrons. The van der Waals surface area contributed by atoms with Crippen LogP contribution in [0.5, 0.6) is 5.88 Å². The van der Waals surface area contributed by atoms with Gasteiger partial charge in [-0.3, -0.25) is 0 Å². The second-order valence-corrected chi connectivity index (χ2v) is 3.07. The van der Waals surface area contributed by atoms with E-state index in [-0.39, 0.29) is 6.10 Å². The van der Waals surface area contributed by atoms with Crippen molar-refractivity contribution in [1.82, 2.24) is 4.98 Å². The minimum absolute atomic E-state index is 0.0539. The van der Waals surface area contributed by atoms with Crippen molar-refractivity contribution in [1.29, 1.82) is 5.26 Å². The quantitative estimate of drug-likeness (QED) is 0.789. The summed E-state index contributed by atoms with van der Waals surface area (Å²) in [5.41, 5.74) is 6.35. The molecule has 1 heterocycles. The van der Waals surface area contributed by atoms with Gasteiger partial charge < -0.3 is 10.5 Å². The molecule has 1 unspecified atom stereocenters. The Bertz CT molecular complexity index is 357. The third-order valence-electron chi connectivity index (χ3n) is 1.88.